The smallest absolute Gasteiger partial charge is 0.414 e. The Bertz CT molecular complexity index is 1190. The van der Waals surface area contributed by atoms with Crippen LogP contribution in [0.4, 0.5) is 10.7 Å². The van der Waals surface area contributed by atoms with Gasteiger partial charge in [-0.1, -0.05) is 18.2 Å². The molecule has 33 heavy (non-hydrogen) atoms. The van der Waals surface area contributed by atoms with Crippen LogP contribution in [0.15, 0.2) is 42.9 Å². The number of hydrogen-bond donors (Lipinski definition) is 0. The molecular weight excluding hydrogens is 420 g/mol. The quantitative estimate of drug-likeness (QED) is 0.605. The molecule has 5 rings (SSSR count). The maximum Gasteiger partial charge on any atom is 0.414 e. The van der Waals surface area contributed by atoms with Gasteiger partial charge in [0, 0.05) is 31.5 Å². The molecule has 0 bridgehead atoms. The zero-order valence-electron chi connectivity index (χ0n) is 19.2. The van der Waals surface area contributed by atoms with E-state index < -0.39 is 5.60 Å². The summed E-state index contributed by atoms with van der Waals surface area (Å²) in [5.41, 5.74) is 3.59. The third kappa shape index (κ3) is 4.41. The normalized spacial score (nSPS) is 16.9. The number of hydrogen-bond acceptors (Lipinski definition) is 7. The minimum Gasteiger partial charge on any atom is -0.443 e. The zero-order valence-corrected chi connectivity index (χ0v) is 19.2. The lowest BCUT2D eigenvalue weighted by atomic mass is 10.1. The van der Waals surface area contributed by atoms with Crippen molar-refractivity contribution in [2.24, 2.45) is 0 Å². The van der Waals surface area contributed by atoms with Crippen LogP contribution in [0, 0.1) is 0 Å². The zero-order chi connectivity index (χ0) is 23.0. The number of imidazole rings is 1. The van der Waals surface area contributed by atoms with E-state index in [0.29, 0.717) is 37.6 Å². The molecule has 0 radical (unpaired) electrons. The fourth-order valence-corrected chi connectivity index (χ4v) is 4.00. The molecule has 2 aliphatic rings. The average molecular weight is 449 g/mol. The summed E-state index contributed by atoms with van der Waals surface area (Å²) in [5.74, 6) is 0.648. The van der Waals surface area contributed by atoms with E-state index >= 15 is 0 Å². The van der Waals surface area contributed by atoms with Crippen molar-refractivity contribution in [3.8, 4) is 5.69 Å². The van der Waals surface area contributed by atoms with Crippen LogP contribution in [0.2, 0.25) is 0 Å². The molecule has 1 amide bonds. The maximum absolute atomic E-state index is 12.6. The van der Waals surface area contributed by atoms with E-state index in [-0.39, 0.29) is 6.09 Å². The van der Waals surface area contributed by atoms with Crippen molar-refractivity contribution in [3.63, 3.8) is 0 Å². The number of fused-ring (bicyclic) bond motifs is 1. The number of morpholine rings is 1. The predicted molar refractivity (Wildman–Crippen MR) is 125 cm³/mol. The number of para-hydroxylation sites is 1. The van der Waals surface area contributed by atoms with Gasteiger partial charge in [0.2, 0.25) is 5.95 Å². The van der Waals surface area contributed by atoms with Gasteiger partial charge in [-0.2, -0.15) is 4.98 Å². The molecule has 9 nitrogen and oxygen atoms in total. The minimum absolute atomic E-state index is 0.356. The summed E-state index contributed by atoms with van der Waals surface area (Å²) in [7, 11) is 0. The Morgan fingerprint density at radius 2 is 1.82 bits per heavy atom. The molecule has 9 heteroatoms. The number of ether oxygens (including phenoxy) is 2. The highest BCUT2D eigenvalue weighted by Gasteiger charge is 2.28. The Kier molecular flexibility index (Phi) is 5.49. The van der Waals surface area contributed by atoms with Crippen LogP contribution in [-0.4, -0.2) is 69.0 Å². The van der Waals surface area contributed by atoms with Crippen molar-refractivity contribution in [1.29, 1.82) is 0 Å². The number of carbonyl (C=O) groups excluding carboxylic acids is 1. The van der Waals surface area contributed by atoms with Crippen molar-refractivity contribution >= 4 is 28.8 Å². The van der Waals surface area contributed by atoms with E-state index in [0.717, 1.165) is 35.7 Å². The van der Waals surface area contributed by atoms with Crippen molar-refractivity contribution in [1.82, 2.24) is 24.4 Å². The summed E-state index contributed by atoms with van der Waals surface area (Å²) in [6, 6.07) is 10.0. The third-order valence-corrected chi connectivity index (χ3v) is 5.58. The standard InChI is InChI=1S/C24H28N6O3/c1-24(2,3)33-23(31)29-10-9-17(15-29)19-20-21(27-22(26-19)28-11-13-32-14-12-28)30(16-25-20)18-7-5-4-6-8-18/h4-8,15-16H,9-14H2,1-3H3. The third-order valence-electron chi connectivity index (χ3n) is 5.58. The number of aromatic nitrogens is 4. The van der Waals surface area contributed by atoms with Gasteiger partial charge in [-0.3, -0.25) is 9.47 Å². The molecule has 1 saturated heterocycles. The molecule has 0 N–H and O–H groups in total. The molecule has 0 saturated carbocycles. The minimum atomic E-state index is -0.548. The Morgan fingerprint density at radius 1 is 1.06 bits per heavy atom. The number of carbonyl (C=O) groups is 1. The van der Waals surface area contributed by atoms with Crippen LogP contribution in [0.25, 0.3) is 22.4 Å². The van der Waals surface area contributed by atoms with Gasteiger partial charge in [0.1, 0.15) is 23.1 Å². The van der Waals surface area contributed by atoms with Crippen LogP contribution < -0.4 is 4.90 Å². The highest BCUT2D eigenvalue weighted by Crippen LogP contribution is 2.31. The number of amides is 1. The van der Waals surface area contributed by atoms with Gasteiger partial charge >= 0.3 is 6.09 Å². The SMILES string of the molecule is CC(C)(C)OC(=O)N1C=C(c2nc(N3CCOCC3)nc3c2ncn3-c2ccccc2)CC1. The Balaban J connectivity index is 1.58. The molecule has 4 heterocycles. The number of nitrogens with zero attached hydrogens (tertiary/aromatic N) is 6. The highest BCUT2D eigenvalue weighted by molar-refractivity contribution is 5.88. The van der Waals surface area contributed by atoms with Crippen LogP contribution in [-0.2, 0) is 9.47 Å². The summed E-state index contributed by atoms with van der Waals surface area (Å²) < 4.78 is 13.0. The summed E-state index contributed by atoms with van der Waals surface area (Å²) >= 11 is 0. The molecule has 3 aromatic rings. The van der Waals surface area contributed by atoms with Crippen molar-refractivity contribution in [3.05, 3.63) is 48.6 Å². The molecule has 0 unspecified atom stereocenters. The molecule has 1 aromatic carbocycles. The lowest BCUT2D eigenvalue weighted by molar-refractivity contribution is 0.0349. The second-order valence-corrected chi connectivity index (χ2v) is 9.17. The fraction of sp³-hybridized carbons (Fsp3) is 0.417. The molecule has 0 spiro atoms. The first kappa shape index (κ1) is 21.4. The molecule has 172 valence electrons. The maximum atomic E-state index is 12.6. The summed E-state index contributed by atoms with van der Waals surface area (Å²) in [5, 5.41) is 0. The lowest BCUT2D eigenvalue weighted by Gasteiger charge is -2.27. The molecule has 0 aliphatic carbocycles. The van der Waals surface area contributed by atoms with E-state index in [1.54, 1.807) is 11.2 Å². The Labute approximate surface area is 192 Å². The van der Waals surface area contributed by atoms with Crippen LogP contribution in [0.1, 0.15) is 32.9 Å². The van der Waals surface area contributed by atoms with E-state index in [1.165, 1.54) is 0 Å². The van der Waals surface area contributed by atoms with Gasteiger partial charge in [-0.05, 0) is 44.9 Å². The van der Waals surface area contributed by atoms with Crippen molar-refractivity contribution in [2.75, 3.05) is 37.7 Å². The van der Waals surface area contributed by atoms with Crippen LogP contribution in [0.3, 0.4) is 0 Å². The second kappa shape index (κ2) is 8.47. The van der Waals surface area contributed by atoms with E-state index in [4.69, 9.17) is 19.4 Å². The Morgan fingerprint density at radius 3 is 2.55 bits per heavy atom. The summed E-state index contributed by atoms with van der Waals surface area (Å²) in [6.45, 7) is 8.88. The van der Waals surface area contributed by atoms with Gasteiger partial charge in [0.15, 0.2) is 5.65 Å². The molecule has 2 aromatic heterocycles. The van der Waals surface area contributed by atoms with Crippen LogP contribution in [0.5, 0.6) is 0 Å². The largest absolute Gasteiger partial charge is 0.443 e. The Hall–Kier alpha value is -3.46. The molecular formula is C24H28N6O3. The summed E-state index contributed by atoms with van der Waals surface area (Å²) in [4.78, 5) is 30.8. The monoisotopic (exact) mass is 448 g/mol. The van der Waals surface area contributed by atoms with E-state index in [2.05, 4.69) is 9.88 Å². The number of anilines is 1. The van der Waals surface area contributed by atoms with Crippen molar-refractivity contribution < 1.29 is 14.3 Å². The second-order valence-electron chi connectivity index (χ2n) is 9.17. The number of benzene rings is 1. The first-order valence-corrected chi connectivity index (χ1v) is 11.2. The first-order valence-electron chi connectivity index (χ1n) is 11.2. The van der Waals surface area contributed by atoms with E-state index in [9.17, 15) is 4.79 Å². The van der Waals surface area contributed by atoms with E-state index in [1.807, 2.05) is 61.9 Å². The fourth-order valence-electron chi connectivity index (χ4n) is 4.00. The van der Waals surface area contributed by atoms with Crippen LogP contribution >= 0.6 is 0 Å². The van der Waals surface area contributed by atoms with Gasteiger partial charge in [0.05, 0.1) is 13.2 Å². The predicted octanol–water partition coefficient (Wildman–Crippen LogP) is 3.63. The van der Waals surface area contributed by atoms with Gasteiger partial charge in [-0.25, -0.2) is 14.8 Å². The topological polar surface area (TPSA) is 85.6 Å². The molecule has 1 fully saturated rings. The molecule has 2 aliphatic heterocycles. The van der Waals surface area contributed by atoms with Crippen molar-refractivity contribution in [2.45, 2.75) is 32.8 Å². The first-order chi connectivity index (χ1) is 15.9. The van der Waals surface area contributed by atoms with Gasteiger partial charge in [0.25, 0.3) is 0 Å². The summed E-state index contributed by atoms with van der Waals surface area (Å²) in [6.07, 6.45) is 3.93. The lowest BCUT2D eigenvalue weighted by Crippen LogP contribution is -2.37. The average Bonchev–Trinajstić information content (AvgIpc) is 3.46. The van der Waals surface area contributed by atoms with Gasteiger partial charge in [-0.15, -0.1) is 0 Å². The highest BCUT2D eigenvalue weighted by atomic mass is 16.6. The molecule has 0 atom stereocenters. The van der Waals surface area contributed by atoms with Gasteiger partial charge < -0.3 is 14.4 Å². The number of rotatable bonds is 3.